The minimum atomic E-state index is -0.229. The third-order valence-corrected chi connectivity index (χ3v) is 3.77. The summed E-state index contributed by atoms with van der Waals surface area (Å²) in [5.74, 6) is 2.58. The number of hydrogen-bond acceptors (Lipinski definition) is 3. The Morgan fingerprint density at radius 2 is 2.00 bits per heavy atom. The topological polar surface area (TPSA) is 29.1 Å². The average molecular weight is 215 g/mol. The van der Waals surface area contributed by atoms with Gasteiger partial charge in [-0.25, -0.2) is 0 Å². The van der Waals surface area contributed by atoms with Gasteiger partial charge in [0.05, 0.1) is 5.54 Å². The summed E-state index contributed by atoms with van der Waals surface area (Å²) in [6, 6.07) is 0.386. The highest BCUT2D eigenvalue weighted by molar-refractivity contribution is 7.99. The fraction of sp³-hybridized carbons (Fsp3) is 0.909. The van der Waals surface area contributed by atoms with E-state index >= 15 is 0 Å². The van der Waals surface area contributed by atoms with E-state index in [2.05, 4.69) is 19.2 Å². The largest absolute Gasteiger partial charge is 0.302 e. The van der Waals surface area contributed by atoms with Crippen LogP contribution in [0.3, 0.4) is 0 Å². The lowest BCUT2D eigenvalue weighted by molar-refractivity contribution is -0.127. The molecule has 2 nitrogen and oxygen atoms in total. The van der Waals surface area contributed by atoms with Crippen LogP contribution < -0.4 is 5.32 Å². The molecule has 0 radical (unpaired) electrons. The number of carbonyl (C=O) groups is 1. The van der Waals surface area contributed by atoms with E-state index in [9.17, 15) is 4.79 Å². The Morgan fingerprint density at radius 3 is 2.36 bits per heavy atom. The van der Waals surface area contributed by atoms with E-state index < -0.39 is 0 Å². The molecule has 0 aromatic rings. The molecular weight excluding hydrogens is 194 g/mol. The fourth-order valence-corrected chi connectivity index (χ4v) is 3.40. The molecule has 1 unspecified atom stereocenters. The lowest BCUT2D eigenvalue weighted by Gasteiger charge is -2.32. The molecule has 1 fully saturated rings. The zero-order valence-electron chi connectivity index (χ0n) is 9.59. The van der Waals surface area contributed by atoms with Crippen molar-refractivity contribution in [3.63, 3.8) is 0 Å². The van der Waals surface area contributed by atoms with Crippen molar-refractivity contribution in [2.45, 2.75) is 45.7 Å². The SMILES string of the molecule is CC(C)NC1(C(=O)C(C)C)CCSC1. The molecule has 0 aromatic carbocycles. The summed E-state index contributed by atoms with van der Waals surface area (Å²) in [4.78, 5) is 12.1. The highest BCUT2D eigenvalue weighted by Crippen LogP contribution is 2.31. The van der Waals surface area contributed by atoms with Crippen molar-refractivity contribution in [1.82, 2.24) is 5.32 Å². The number of carbonyl (C=O) groups excluding carboxylic acids is 1. The molecule has 0 aromatic heterocycles. The molecule has 1 aliphatic heterocycles. The van der Waals surface area contributed by atoms with Gasteiger partial charge in [0.2, 0.25) is 0 Å². The molecule has 1 rings (SSSR count). The van der Waals surface area contributed by atoms with Crippen LogP contribution in [0.2, 0.25) is 0 Å². The van der Waals surface area contributed by atoms with Crippen LogP contribution in [-0.2, 0) is 4.79 Å². The molecule has 1 saturated heterocycles. The number of Topliss-reactive ketones (excluding diaryl/α,β-unsaturated/α-hetero) is 1. The Bertz CT molecular complexity index is 207. The molecule has 0 bridgehead atoms. The van der Waals surface area contributed by atoms with Crippen molar-refractivity contribution in [3.8, 4) is 0 Å². The number of ketones is 1. The van der Waals surface area contributed by atoms with Crippen LogP contribution in [0.5, 0.6) is 0 Å². The Morgan fingerprint density at radius 1 is 1.36 bits per heavy atom. The van der Waals surface area contributed by atoms with Crippen molar-refractivity contribution >= 4 is 17.5 Å². The summed E-state index contributed by atoms with van der Waals surface area (Å²) in [6.07, 6.45) is 0.993. The van der Waals surface area contributed by atoms with E-state index in [4.69, 9.17) is 0 Å². The van der Waals surface area contributed by atoms with E-state index in [1.54, 1.807) is 0 Å². The van der Waals surface area contributed by atoms with Gasteiger partial charge in [-0.05, 0) is 26.0 Å². The van der Waals surface area contributed by atoms with Crippen LogP contribution in [0, 0.1) is 5.92 Å². The maximum atomic E-state index is 12.1. The lowest BCUT2D eigenvalue weighted by Crippen LogP contribution is -2.56. The van der Waals surface area contributed by atoms with E-state index in [0.717, 1.165) is 17.9 Å². The van der Waals surface area contributed by atoms with Gasteiger partial charge in [-0.1, -0.05) is 13.8 Å². The van der Waals surface area contributed by atoms with Gasteiger partial charge >= 0.3 is 0 Å². The normalized spacial score (nSPS) is 27.6. The van der Waals surface area contributed by atoms with Gasteiger partial charge in [0, 0.05) is 17.7 Å². The zero-order chi connectivity index (χ0) is 10.8. The highest BCUT2D eigenvalue weighted by Gasteiger charge is 2.42. The number of hydrogen-bond donors (Lipinski definition) is 1. The van der Waals surface area contributed by atoms with Crippen LogP contribution in [-0.4, -0.2) is 28.9 Å². The summed E-state index contributed by atoms with van der Waals surface area (Å²) >= 11 is 1.89. The van der Waals surface area contributed by atoms with Gasteiger partial charge in [-0.15, -0.1) is 0 Å². The van der Waals surface area contributed by atoms with Gasteiger partial charge in [0.25, 0.3) is 0 Å². The Kier molecular flexibility index (Phi) is 4.02. The molecule has 0 spiro atoms. The number of nitrogens with one attached hydrogen (secondary N) is 1. The van der Waals surface area contributed by atoms with Crippen molar-refractivity contribution in [3.05, 3.63) is 0 Å². The summed E-state index contributed by atoms with van der Waals surface area (Å²) in [6.45, 7) is 8.21. The molecule has 3 heteroatoms. The lowest BCUT2D eigenvalue weighted by atomic mass is 9.86. The van der Waals surface area contributed by atoms with Crippen molar-refractivity contribution in [1.29, 1.82) is 0 Å². The van der Waals surface area contributed by atoms with Crippen LogP contribution >= 0.6 is 11.8 Å². The first-order valence-corrected chi connectivity index (χ1v) is 6.53. The highest BCUT2D eigenvalue weighted by atomic mass is 32.2. The number of thioether (sulfide) groups is 1. The monoisotopic (exact) mass is 215 g/mol. The van der Waals surface area contributed by atoms with Gasteiger partial charge in [-0.2, -0.15) is 11.8 Å². The first-order chi connectivity index (χ1) is 6.48. The van der Waals surface area contributed by atoms with Crippen molar-refractivity contribution < 1.29 is 4.79 Å². The summed E-state index contributed by atoms with van der Waals surface area (Å²) in [5.41, 5.74) is -0.229. The minimum absolute atomic E-state index is 0.139. The quantitative estimate of drug-likeness (QED) is 0.778. The maximum absolute atomic E-state index is 12.1. The molecule has 0 saturated carbocycles. The predicted molar refractivity (Wildman–Crippen MR) is 62.8 cm³/mol. The second kappa shape index (κ2) is 4.67. The average Bonchev–Trinajstić information content (AvgIpc) is 2.51. The van der Waals surface area contributed by atoms with E-state index in [0.29, 0.717) is 11.8 Å². The Hall–Kier alpha value is -0.0200. The van der Waals surface area contributed by atoms with Gasteiger partial charge in [0.15, 0.2) is 5.78 Å². The summed E-state index contributed by atoms with van der Waals surface area (Å²) < 4.78 is 0. The van der Waals surface area contributed by atoms with Crippen LogP contribution in [0.25, 0.3) is 0 Å². The molecule has 1 aliphatic rings. The van der Waals surface area contributed by atoms with Crippen LogP contribution in [0.1, 0.15) is 34.1 Å². The molecule has 14 heavy (non-hydrogen) atoms. The predicted octanol–water partition coefficient (Wildman–Crippen LogP) is 2.09. The van der Waals surface area contributed by atoms with Gasteiger partial charge in [0.1, 0.15) is 0 Å². The summed E-state index contributed by atoms with van der Waals surface area (Å²) in [7, 11) is 0. The van der Waals surface area contributed by atoms with Crippen LogP contribution in [0.4, 0.5) is 0 Å². The van der Waals surface area contributed by atoms with Gasteiger partial charge in [-0.3, -0.25) is 4.79 Å². The minimum Gasteiger partial charge on any atom is -0.302 e. The Balaban J connectivity index is 2.76. The smallest absolute Gasteiger partial charge is 0.156 e. The first kappa shape index (κ1) is 12.1. The molecular formula is C11H21NOS. The van der Waals surface area contributed by atoms with Gasteiger partial charge < -0.3 is 5.32 Å². The van der Waals surface area contributed by atoms with Crippen LogP contribution in [0.15, 0.2) is 0 Å². The second-order valence-corrected chi connectivity index (χ2v) is 5.81. The van der Waals surface area contributed by atoms with E-state index in [-0.39, 0.29) is 11.5 Å². The third-order valence-electron chi connectivity index (χ3n) is 2.58. The molecule has 1 N–H and O–H groups in total. The van der Waals surface area contributed by atoms with E-state index in [1.165, 1.54) is 0 Å². The fourth-order valence-electron chi connectivity index (χ4n) is 2.05. The number of rotatable bonds is 4. The second-order valence-electron chi connectivity index (χ2n) is 4.70. The molecule has 1 heterocycles. The Labute approximate surface area is 91.2 Å². The first-order valence-electron chi connectivity index (χ1n) is 5.38. The molecule has 0 amide bonds. The summed E-state index contributed by atoms with van der Waals surface area (Å²) in [5, 5.41) is 3.47. The van der Waals surface area contributed by atoms with E-state index in [1.807, 2.05) is 25.6 Å². The zero-order valence-corrected chi connectivity index (χ0v) is 10.4. The molecule has 1 atom stereocenters. The maximum Gasteiger partial charge on any atom is 0.156 e. The van der Waals surface area contributed by atoms with Crippen molar-refractivity contribution in [2.24, 2.45) is 5.92 Å². The van der Waals surface area contributed by atoms with Crippen molar-refractivity contribution in [2.75, 3.05) is 11.5 Å². The molecule has 82 valence electrons. The molecule has 0 aliphatic carbocycles. The standard InChI is InChI=1S/C11H21NOS/c1-8(2)10(13)11(12-9(3)4)5-6-14-7-11/h8-9,12H,5-7H2,1-4H3. The third kappa shape index (κ3) is 2.51.